The minimum Gasteiger partial charge on any atom is -0.378 e. The maximum atomic E-state index is 13.6. The van der Waals surface area contributed by atoms with Crippen LogP contribution >= 0.6 is 0 Å². The van der Waals surface area contributed by atoms with Crippen molar-refractivity contribution in [2.24, 2.45) is 0 Å². The smallest absolute Gasteiger partial charge is 0.255 e. The lowest BCUT2D eigenvalue weighted by molar-refractivity contribution is 0.0643. The molecule has 0 radical (unpaired) electrons. The molecule has 1 N–H and O–H groups in total. The van der Waals surface area contributed by atoms with Crippen molar-refractivity contribution in [3.8, 4) is 0 Å². The van der Waals surface area contributed by atoms with Gasteiger partial charge < -0.3 is 10.2 Å². The lowest BCUT2D eigenvalue weighted by Crippen LogP contribution is -2.48. The van der Waals surface area contributed by atoms with Gasteiger partial charge in [-0.15, -0.1) is 0 Å². The Bertz CT molecular complexity index is 1030. The number of hydrogen-bond donors (Lipinski definition) is 1. The summed E-state index contributed by atoms with van der Waals surface area (Å²) in [7, 11) is 0. The van der Waals surface area contributed by atoms with Crippen molar-refractivity contribution in [1.82, 2.24) is 10.2 Å². The highest BCUT2D eigenvalue weighted by molar-refractivity contribution is 5.99. The van der Waals surface area contributed by atoms with E-state index in [-0.39, 0.29) is 18.0 Å². The molecule has 3 nitrogen and oxygen atoms in total. The fourth-order valence-corrected chi connectivity index (χ4v) is 5.04. The van der Waals surface area contributed by atoms with E-state index in [2.05, 4.69) is 63.3 Å². The van der Waals surface area contributed by atoms with Gasteiger partial charge in [0.15, 0.2) is 0 Å². The van der Waals surface area contributed by atoms with E-state index in [1.54, 1.807) is 0 Å². The van der Waals surface area contributed by atoms with Crippen LogP contribution < -0.4 is 15.8 Å². The second-order valence-electron chi connectivity index (χ2n) is 8.83. The summed E-state index contributed by atoms with van der Waals surface area (Å²) in [5.74, 6) is 0.107. The lowest BCUT2D eigenvalue weighted by atomic mass is 9.84. The van der Waals surface area contributed by atoms with Gasteiger partial charge >= 0.3 is 0 Å². The number of rotatable bonds is 4. The molecule has 152 valence electrons. The number of benzene rings is 2. The zero-order valence-electron chi connectivity index (χ0n) is 18.0. The number of hydrogen-bond acceptors (Lipinski definition) is 2. The van der Waals surface area contributed by atoms with Crippen LogP contribution in [0.15, 0.2) is 48.5 Å². The second-order valence-corrected chi connectivity index (χ2v) is 8.83. The minimum absolute atomic E-state index is 0.107. The third-order valence-corrected chi connectivity index (χ3v) is 6.24. The number of nitrogens with zero attached hydrogens (tertiary/aromatic N) is 1. The summed E-state index contributed by atoms with van der Waals surface area (Å²) >= 11 is 0. The zero-order chi connectivity index (χ0) is 20.5. The second kappa shape index (κ2) is 8.06. The molecule has 1 atom stereocenters. The summed E-state index contributed by atoms with van der Waals surface area (Å²) < 4.78 is 0. The molecule has 1 heterocycles. The summed E-state index contributed by atoms with van der Waals surface area (Å²) in [6.45, 7) is 8.35. The Kier molecular flexibility index (Phi) is 5.49. The monoisotopic (exact) mass is 388 g/mol. The summed E-state index contributed by atoms with van der Waals surface area (Å²) in [6, 6.07) is 17.5. The predicted molar refractivity (Wildman–Crippen MR) is 120 cm³/mol. The highest BCUT2D eigenvalue weighted by atomic mass is 16.2. The molecule has 4 rings (SSSR count). The van der Waals surface area contributed by atoms with Crippen LogP contribution in [0.25, 0.3) is 11.3 Å². The molecule has 1 aliphatic carbocycles. The van der Waals surface area contributed by atoms with Gasteiger partial charge in [0.25, 0.3) is 5.91 Å². The predicted octanol–water partition coefficient (Wildman–Crippen LogP) is 3.80. The molecule has 1 amide bonds. The van der Waals surface area contributed by atoms with Crippen LogP contribution in [0.3, 0.4) is 0 Å². The number of nitrogens with one attached hydrogen (secondary N) is 1. The van der Waals surface area contributed by atoms with Crippen molar-refractivity contribution < 1.29 is 4.79 Å². The van der Waals surface area contributed by atoms with Crippen LogP contribution in [0.4, 0.5) is 0 Å². The van der Waals surface area contributed by atoms with E-state index in [1.807, 2.05) is 23.1 Å². The van der Waals surface area contributed by atoms with Gasteiger partial charge in [0.2, 0.25) is 0 Å². The molecule has 3 heteroatoms. The van der Waals surface area contributed by atoms with Gasteiger partial charge in [0.1, 0.15) is 0 Å². The molecule has 0 spiro atoms. The van der Waals surface area contributed by atoms with Gasteiger partial charge in [-0.3, -0.25) is 4.79 Å². The normalized spacial score (nSPS) is 18.3. The molecule has 0 aromatic heterocycles. The maximum Gasteiger partial charge on any atom is 0.255 e. The fraction of sp³-hybridized carbons (Fsp3) is 0.423. The van der Waals surface area contributed by atoms with Crippen molar-refractivity contribution in [2.75, 3.05) is 0 Å². The Morgan fingerprint density at radius 1 is 0.931 bits per heavy atom. The molecule has 1 fully saturated rings. The van der Waals surface area contributed by atoms with E-state index in [0.717, 1.165) is 29.7 Å². The minimum atomic E-state index is 0.107. The van der Waals surface area contributed by atoms with Crippen LogP contribution in [0.5, 0.6) is 0 Å². The summed E-state index contributed by atoms with van der Waals surface area (Å²) in [6.07, 6.45) is 4.85. The van der Waals surface area contributed by atoms with E-state index in [4.69, 9.17) is 0 Å². The molecule has 0 bridgehead atoms. The molecule has 2 aromatic carbocycles. The highest BCUT2D eigenvalue weighted by Gasteiger charge is 2.28. The van der Waals surface area contributed by atoms with Gasteiger partial charge in [-0.05, 0) is 63.8 Å². The first-order valence-corrected chi connectivity index (χ1v) is 11.0. The van der Waals surface area contributed by atoms with Gasteiger partial charge in [-0.25, -0.2) is 0 Å². The van der Waals surface area contributed by atoms with E-state index < -0.39 is 0 Å². The average molecular weight is 389 g/mol. The van der Waals surface area contributed by atoms with Crippen LogP contribution in [0.2, 0.25) is 0 Å². The summed E-state index contributed by atoms with van der Waals surface area (Å²) in [5, 5.41) is 6.41. The van der Waals surface area contributed by atoms with Crippen LogP contribution in [0, 0.1) is 0 Å². The largest absolute Gasteiger partial charge is 0.378 e. The molecular formula is C26H32N2O. The molecular weight excluding hydrogens is 356 g/mol. The van der Waals surface area contributed by atoms with E-state index in [0.29, 0.717) is 6.04 Å². The quantitative estimate of drug-likeness (QED) is 0.864. The summed E-state index contributed by atoms with van der Waals surface area (Å²) in [4.78, 5) is 15.5. The zero-order valence-corrected chi connectivity index (χ0v) is 18.0. The van der Waals surface area contributed by atoms with Crippen molar-refractivity contribution in [2.45, 2.75) is 71.5 Å². The van der Waals surface area contributed by atoms with Crippen LogP contribution in [-0.4, -0.2) is 28.9 Å². The third-order valence-electron chi connectivity index (χ3n) is 6.24. The summed E-state index contributed by atoms with van der Waals surface area (Å²) in [5.41, 5.74) is 4.44. The standard InChI is InChI=1S/C26H32N2O/c1-17(2)28(18(3)4)26(29)23-15-8-7-14-22(23)25-21-13-6-5-11-19(21)20-12-9-10-16-24(20)27-25/h5-8,11,13-15,17-18,24,27H,9-10,12,16H2,1-4H3. The van der Waals surface area contributed by atoms with Crippen molar-refractivity contribution >= 4 is 17.2 Å². The molecule has 1 unspecified atom stereocenters. The fourth-order valence-electron chi connectivity index (χ4n) is 5.04. The SMILES string of the molecule is CC(C)N(C(=O)c1ccccc1C1=c2ccccc2=C2CCCCC2N1)C(C)C. The van der Waals surface area contributed by atoms with Crippen molar-refractivity contribution in [3.05, 3.63) is 70.1 Å². The van der Waals surface area contributed by atoms with Crippen LogP contribution in [0.1, 0.15) is 69.3 Å². The number of amides is 1. The average Bonchev–Trinajstić information content (AvgIpc) is 2.72. The van der Waals surface area contributed by atoms with E-state index in [1.165, 1.54) is 28.9 Å². The number of fused-ring (bicyclic) bond motifs is 2. The maximum absolute atomic E-state index is 13.6. The van der Waals surface area contributed by atoms with E-state index in [9.17, 15) is 4.79 Å². The van der Waals surface area contributed by atoms with Gasteiger partial charge in [0.05, 0.1) is 5.70 Å². The highest BCUT2D eigenvalue weighted by Crippen LogP contribution is 2.28. The Morgan fingerprint density at radius 3 is 2.31 bits per heavy atom. The molecule has 0 saturated heterocycles. The topological polar surface area (TPSA) is 32.3 Å². The van der Waals surface area contributed by atoms with Gasteiger partial charge in [-0.1, -0.05) is 48.9 Å². The van der Waals surface area contributed by atoms with Gasteiger partial charge in [0, 0.05) is 34.5 Å². The van der Waals surface area contributed by atoms with Crippen molar-refractivity contribution in [3.63, 3.8) is 0 Å². The van der Waals surface area contributed by atoms with E-state index >= 15 is 0 Å². The third kappa shape index (κ3) is 3.59. The van der Waals surface area contributed by atoms with Gasteiger partial charge in [-0.2, -0.15) is 0 Å². The molecule has 1 aliphatic heterocycles. The molecule has 1 saturated carbocycles. The molecule has 2 aliphatic rings. The Labute approximate surface area is 174 Å². The Morgan fingerprint density at radius 2 is 1.59 bits per heavy atom. The van der Waals surface area contributed by atoms with Crippen molar-refractivity contribution in [1.29, 1.82) is 0 Å². The molecule has 29 heavy (non-hydrogen) atoms. The number of carbonyl (C=O) groups is 1. The Balaban J connectivity index is 1.92. The first-order chi connectivity index (χ1) is 14.0. The number of carbonyl (C=O) groups excluding carboxylic acids is 1. The Hall–Kier alpha value is -2.55. The van der Waals surface area contributed by atoms with Crippen LogP contribution in [-0.2, 0) is 0 Å². The molecule has 2 aromatic rings. The first kappa shape index (κ1) is 19.8. The first-order valence-electron chi connectivity index (χ1n) is 11.0. The lowest BCUT2D eigenvalue weighted by Gasteiger charge is -2.34.